The van der Waals surface area contributed by atoms with Gasteiger partial charge in [0, 0.05) is 35.6 Å². The Morgan fingerprint density at radius 1 is 1.15 bits per heavy atom. The number of nitrogens with zero attached hydrogens (tertiary/aromatic N) is 2. The highest BCUT2D eigenvalue weighted by atomic mass is 19.1. The molecule has 0 atom stereocenters. The number of aromatic nitrogens is 2. The Hall–Kier alpha value is -2.49. The van der Waals surface area contributed by atoms with Crippen molar-refractivity contribution >= 4 is 5.57 Å². The first kappa shape index (κ1) is 19.3. The molecule has 0 amide bonds. The summed E-state index contributed by atoms with van der Waals surface area (Å²) in [6, 6.07) is 7.69. The first-order valence-electron chi connectivity index (χ1n) is 9.34. The average Bonchev–Trinajstić information content (AvgIpc) is 2.57. The maximum absolute atomic E-state index is 13.9. The Labute approximate surface area is 161 Å². The number of allylic oxidation sites excluding steroid dienone is 3. The van der Waals surface area contributed by atoms with Gasteiger partial charge in [-0.3, -0.25) is 4.98 Å². The number of ether oxygens (including phenoxy) is 1. The van der Waals surface area contributed by atoms with Crippen molar-refractivity contribution in [2.45, 2.75) is 58.2 Å². The van der Waals surface area contributed by atoms with Crippen LogP contribution < -0.4 is 4.74 Å². The van der Waals surface area contributed by atoms with Crippen LogP contribution >= 0.6 is 0 Å². The highest BCUT2D eigenvalue weighted by molar-refractivity contribution is 5.65. The molecule has 2 heterocycles. The average molecular weight is 366 g/mol. The molecule has 0 spiro atoms. The molecule has 3 rings (SSSR count). The molecule has 27 heavy (non-hydrogen) atoms. The number of alkyl halides is 1. The fraction of sp³-hybridized carbons (Fsp3) is 0.391. The Bertz CT molecular complexity index is 826. The van der Waals surface area contributed by atoms with Gasteiger partial charge in [0.25, 0.3) is 0 Å². The predicted molar refractivity (Wildman–Crippen MR) is 107 cm³/mol. The van der Waals surface area contributed by atoms with Crippen molar-refractivity contribution in [1.82, 2.24) is 9.97 Å². The molecule has 2 aromatic heterocycles. The van der Waals surface area contributed by atoms with Crippen LogP contribution in [-0.4, -0.2) is 16.1 Å². The highest BCUT2D eigenvalue weighted by Gasteiger charge is 2.33. The van der Waals surface area contributed by atoms with Crippen LogP contribution in [-0.2, 0) is 5.67 Å². The van der Waals surface area contributed by atoms with E-state index in [4.69, 9.17) is 4.74 Å². The summed E-state index contributed by atoms with van der Waals surface area (Å²) in [5, 5.41) is 0. The summed E-state index contributed by atoms with van der Waals surface area (Å²) in [6.45, 7) is 11.0. The van der Waals surface area contributed by atoms with Gasteiger partial charge in [-0.05, 0) is 63.8 Å². The Morgan fingerprint density at radius 2 is 1.89 bits per heavy atom. The minimum atomic E-state index is -1.35. The summed E-state index contributed by atoms with van der Waals surface area (Å²) in [7, 11) is 0. The molecule has 0 unspecified atom stereocenters. The quantitative estimate of drug-likeness (QED) is 0.589. The van der Waals surface area contributed by atoms with Gasteiger partial charge in [-0.15, -0.1) is 0 Å². The highest BCUT2D eigenvalue weighted by Crippen LogP contribution is 2.38. The topological polar surface area (TPSA) is 35.0 Å². The van der Waals surface area contributed by atoms with Gasteiger partial charge in [0.1, 0.15) is 11.8 Å². The van der Waals surface area contributed by atoms with Crippen LogP contribution in [0.4, 0.5) is 4.39 Å². The lowest BCUT2D eigenvalue weighted by atomic mass is 9.79. The van der Waals surface area contributed by atoms with Gasteiger partial charge in [-0.2, -0.15) is 0 Å². The molecule has 1 saturated carbocycles. The molecule has 3 nitrogen and oxygen atoms in total. The molecule has 4 heteroatoms. The minimum Gasteiger partial charge on any atom is -0.474 e. The van der Waals surface area contributed by atoms with E-state index in [0.29, 0.717) is 17.4 Å². The predicted octanol–water partition coefficient (Wildman–Crippen LogP) is 5.99. The Morgan fingerprint density at radius 3 is 2.41 bits per heavy atom. The van der Waals surface area contributed by atoms with Crippen LogP contribution in [0.15, 0.2) is 54.9 Å². The summed E-state index contributed by atoms with van der Waals surface area (Å²) in [5.41, 5.74) is 3.48. The van der Waals surface area contributed by atoms with E-state index >= 15 is 0 Å². The van der Waals surface area contributed by atoms with E-state index in [1.165, 1.54) is 0 Å². The van der Waals surface area contributed by atoms with E-state index in [0.717, 1.165) is 35.2 Å². The van der Waals surface area contributed by atoms with E-state index in [1.807, 2.05) is 50.4 Å². The number of hydrogen-bond acceptors (Lipinski definition) is 3. The summed E-state index contributed by atoms with van der Waals surface area (Å²) in [4.78, 5) is 8.85. The van der Waals surface area contributed by atoms with Crippen molar-refractivity contribution < 1.29 is 9.13 Å². The molecule has 1 aliphatic rings. The van der Waals surface area contributed by atoms with Gasteiger partial charge in [0.2, 0.25) is 5.88 Å². The van der Waals surface area contributed by atoms with E-state index in [-0.39, 0.29) is 6.10 Å². The van der Waals surface area contributed by atoms with E-state index < -0.39 is 5.67 Å². The van der Waals surface area contributed by atoms with Crippen molar-refractivity contribution in [3.63, 3.8) is 0 Å². The Balaban J connectivity index is 1.54. The zero-order valence-corrected chi connectivity index (χ0v) is 16.5. The number of rotatable bonds is 6. The standard InChI is InChI=1S/C23H27FN2O/c1-15(2)10-16(3)17-6-9-22(26-13-17)27-20-11-18(12-20)21-8-7-19(14-25-21)23(4,5)24/h6-10,13-14,18,20H,1,11-12H2,2-5H3/b16-10+. The van der Waals surface area contributed by atoms with Crippen molar-refractivity contribution in [3.8, 4) is 5.88 Å². The molecule has 142 valence electrons. The zero-order valence-electron chi connectivity index (χ0n) is 16.5. The normalized spacial score (nSPS) is 20.1. The van der Waals surface area contributed by atoms with Crippen LogP contribution in [0.1, 0.15) is 63.3 Å². The lowest BCUT2D eigenvalue weighted by Gasteiger charge is -2.34. The molecule has 0 bridgehead atoms. The molecule has 0 aromatic carbocycles. The van der Waals surface area contributed by atoms with Gasteiger partial charge < -0.3 is 4.74 Å². The number of hydrogen-bond donors (Lipinski definition) is 0. The minimum absolute atomic E-state index is 0.152. The van der Waals surface area contributed by atoms with Gasteiger partial charge >= 0.3 is 0 Å². The van der Waals surface area contributed by atoms with E-state index in [1.54, 1.807) is 20.0 Å². The van der Waals surface area contributed by atoms with Crippen molar-refractivity contribution in [1.29, 1.82) is 0 Å². The fourth-order valence-electron chi connectivity index (χ4n) is 3.21. The van der Waals surface area contributed by atoms with Gasteiger partial charge in [0.15, 0.2) is 0 Å². The molecular weight excluding hydrogens is 339 g/mol. The molecule has 2 aromatic rings. The van der Waals surface area contributed by atoms with Crippen LogP contribution in [0.2, 0.25) is 0 Å². The summed E-state index contributed by atoms with van der Waals surface area (Å²) < 4.78 is 19.9. The monoisotopic (exact) mass is 366 g/mol. The van der Waals surface area contributed by atoms with Gasteiger partial charge in [-0.25, -0.2) is 9.37 Å². The smallest absolute Gasteiger partial charge is 0.213 e. The first-order valence-corrected chi connectivity index (χ1v) is 9.34. The second-order valence-corrected chi connectivity index (χ2v) is 7.91. The molecule has 1 aliphatic carbocycles. The largest absolute Gasteiger partial charge is 0.474 e. The van der Waals surface area contributed by atoms with Crippen LogP contribution in [0.5, 0.6) is 5.88 Å². The third-order valence-corrected chi connectivity index (χ3v) is 4.93. The first-order chi connectivity index (χ1) is 12.7. The summed E-state index contributed by atoms with van der Waals surface area (Å²) in [5.74, 6) is 1.01. The molecule has 0 radical (unpaired) electrons. The maximum atomic E-state index is 13.9. The van der Waals surface area contributed by atoms with Crippen LogP contribution in [0.25, 0.3) is 5.57 Å². The van der Waals surface area contributed by atoms with Crippen molar-refractivity contribution in [2.75, 3.05) is 0 Å². The lowest BCUT2D eigenvalue weighted by Crippen LogP contribution is -2.33. The third kappa shape index (κ3) is 4.82. The van der Waals surface area contributed by atoms with E-state index in [2.05, 4.69) is 16.5 Å². The molecule has 0 aliphatic heterocycles. The van der Waals surface area contributed by atoms with Crippen LogP contribution in [0.3, 0.4) is 0 Å². The van der Waals surface area contributed by atoms with Gasteiger partial charge in [0.05, 0.1) is 0 Å². The second kappa shape index (κ2) is 7.63. The summed E-state index contributed by atoms with van der Waals surface area (Å²) >= 11 is 0. The molecule has 0 N–H and O–H groups in total. The lowest BCUT2D eigenvalue weighted by molar-refractivity contribution is 0.0920. The van der Waals surface area contributed by atoms with Crippen molar-refractivity contribution in [3.05, 3.63) is 71.7 Å². The Kier molecular flexibility index (Phi) is 5.45. The van der Waals surface area contributed by atoms with Crippen LogP contribution in [0, 0.1) is 0 Å². The second-order valence-electron chi connectivity index (χ2n) is 7.91. The molecule has 1 fully saturated rings. The fourth-order valence-corrected chi connectivity index (χ4v) is 3.21. The number of pyridine rings is 2. The zero-order chi connectivity index (χ0) is 19.6. The SMILES string of the molecule is C=C(C)/C=C(\C)c1ccc(OC2CC(c3ccc(C(C)(C)F)cn3)C2)nc1. The molecule has 0 saturated heterocycles. The number of halogens is 1. The van der Waals surface area contributed by atoms with E-state index in [9.17, 15) is 4.39 Å². The van der Waals surface area contributed by atoms with Gasteiger partial charge in [-0.1, -0.05) is 24.3 Å². The summed E-state index contributed by atoms with van der Waals surface area (Å²) in [6.07, 6.45) is 7.48. The maximum Gasteiger partial charge on any atom is 0.213 e. The third-order valence-electron chi connectivity index (χ3n) is 4.93. The molecular formula is C23H27FN2O. The van der Waals surface area contributed by atoms with Crippen molar-refractivity contribution in [2.24, 2.45) is 0 Å².